The third-order valence-corrected chi connectivity index (χ3v) is 2.69. The SMILES string of the molecule is COc1ccc(C(=O)NOC2CCNC2)cc1. The molecular weight excluding hydrogens is 220 g/mol. The van der Waals surface area contributed by atoms with Crippen LogP contribution in [0.5, 0.6) is 5.75 Å². The van der Waals surface area contributed by atoms with Crippen LogP contribution in [-0.2, 0) is 4.84 Å². The van der Waals surface area contributed by atoms with E-state index in [9.17, 15) is 4.79 Å². The molecule has 0 radical (unpaired) electrons. The smallest absolute Gasteiger partial charge is 0.274 e. The quantitative estimate of drug-likeness (QED) is 0.756. The molecule has 0 saturated carbocycles. The van der Waals surface area contributed by atoms with E-state index < -0.39 is 0 Å². The fourth-order valence-electron chi connectivity index (χ4n) is 1.67. The fourth-order valence-corrected chi connectivity index (χ4v) is 1.67. The summed E-state index contributed by atoms with van der Waals surface area (Å²) in [4.78, 5) is 17.0. The normalized spacial score (nSPS) is 19.0. The van der Waals surface area contributed by atoms with Crippen LogP contribution in [-0.4, -0.2) is 32.2 Å². The highest BCUT2D eigenvalue weighted by atomic mass is 16.7. The Labute approximate surface area is 100 Å². The van der Waals surface area contributed by atoms with E-state index in [0.717, 1.165) is 25.3 Å². The first-order valence-electron chi connectivity index (χ1n) is 5.60. The van der Waals surface area contributed by atoms with Gasteiger partial charge in [0.15, 0.2) is 0 Å². The molecule has 92 valence electrons. The van der Waals surface area contributed by atoms with Crippen molar-refractivity contribution in [2.75, 3.05) is 20.2 Å². The topological polar surface area (TPSA) is 59.6 Å². The van der Waals surface area contributed by atoms with Gasteiger partial charge in [-0.3, -0.25) is 9.63 Å². The number of nitrogens with one attached hydrogen (secondary N) is 2. The molecule has 2 N–H and O–H groups in total. The minimum atomic E-state index is -0.237. The second-order valence-corrected chi connectivity index (χ2v) is 3.89. The third-order valence-electron chi connectivity index (χ3n) is 2.69. The van der Waals surface area contributed by atoms with E-state index in [2.05, 4.69) is 10.8 Å². The molecule has 1 aromatic rings. The van der Waals surface area contributed by atoms with Crippen molar-refractivity contribution in [3.63, 3.8) is 0 Å². The zero-order chi connectivity index (χ0) is 12.1. The molecule has 1 unspecified atom stereocenters. The molecule has 5 heteroatoms. The van der Waals surface area contributed by atoms with Crippen LogP contribution in [0.2, 0.25) is 0 Å². The molecule has 0 bridgehead atoms. The van der Waals surface area contributed by atoms with Crippen molar-refractivity contribution in [3.05, 3.63) is 29.8 Å². The molecular formula is C12H16N2O3. The van der Waals surface area contributed by atoms with E-state index in [0.29, 0.717) is 5.56 Å². The summed E-state index contributed by atoms with van der Waals surface area (Å²) >= 11 is 0. The number of ether oxygens (including phenoxy) is 1. The van der Waals surface area contributed by atoms with Gasteiger partial charge in [-0.2, -0.15) is 0 Å². The van der Waals surface area contributed by atoms with E-state index in [1.165, 1.54) is 0 Å². The lowest BCUT2D eigenvalue weighted by Gasteiger charge is -2.10. The standard InChI is InChI=1S/C12H16N2O3/c1-16-10-4-2-9(3-5-10)12(15)14-17-11-6-7-13-8-11/h2-5,11,13H,6-8H2,1H3,(H,14,15). The number of hydroxylamine groups is 1. The summed E-state index contributed by atoms with van der Waals surface area (Å²) in [6.07, 6.45) is 0.986. The summed E-state index contributed by atoms with van der Waals surface area (Å²) in [6.45, 7) is 1.71. The van der Waals surface area contributed by atoms with Crippen LogP contribution in [0, 0.1) is 0 Å². The Bertz CT molecular complexity index is 372. The van der Waals surface area contributed by atoms with Crippen molar-refractivity contribution < 1.29 is 14.4 Å². The first-order chi connectivity index (χ1) is 8.29. The number of methoxy groups -OCH3 is 1. The van der Waals surface area contributed by atoms with E-state index in [1.807, 2.05) is 0 Å². The first kappa shape index (κ1) is 11.9. The molecule has 1 aliphatic heterocycles. The van der Waals surface area contributed by atoms with E-state index in [4.69, 9.17) is 9.57 Å². The Hall–Kier alpha value is -1.59. The number of carbonyl (C=O) groups is 1. The van der Waals surface area contributed by atoms with E-state index in [1.54, 1.807) is 31.4 Å². The molecule has 1 heterocycles. The van der Waals surface area contributed by atoms with Crippen molar-refractivity contribution in [1.29, 1.82) is 0 Å². The van der Waals surface area contributed by atoms with Crippen LogP contribution in [0.4, 0.5) is 0 Å². The van der Waals surface area contributed by atoms with Gasteiger partial charge >= 0.3 is 0 Å². The van der Waals surface area contributed by atoms with E-state index in [-0.39, 0.29) is 12.0 Å². The summed E-state index contributed by atoms with van der Waals surface area (Å²) in [5, 5.41) is 3.16. The fraction of sp³-hybridized carbons (Fsp3) is 0.417. The minimum Gasteiger partial charge on any atom is -0.497 e. The van der Waals surface area contributed by atoms with Crippen molar-refractivity contribution in [2.45, 2.75) is 12.5 Å². The van der Waals surface area contributed by atoms with Crippen LogP contribution in [0.25, 0.3) is 0 Å². The van der Waals surface area contributed by atoms with Crippen molar-refractivity contribution in [2.24, 2.45) is 0 Å². The Balaban J connectivity index is 1.85. The number of benzene rings is 1. The highest BCUT2D eigenvalue weighted by Crippen LogP contribution is 2.11. The van der Waals surface area contributed by atoms with Gasteiger partial charge in [0, 0.05) is 12.1 Å². The second-order valence-electron chi connectivity index (χ2n) is 3.89. The van der Waals surface area contributed by atoms with Gasteiger partial charge < -0.3 is 10.1 Å². The molecule has 0 aromatic heterocycles. The van der Waals surface area contributed by atoms with Gasteiger partial charge in [0.05, 0.1) is 13.2 Å². The Kier molecular flexibility index (Phi) is 3.95. The number of hydrogen-bond acceptors (Lipinski definition) is 4. The number of carbonyl (C=O) groups excluding carboxylic acids is 1. The number of rotatable bonds is 4. The Morgan fingerprint density at radius 3 is 2.76 bits per heavy atom. The maximum Gasteiger partial charge on any atom is 0.274 e. The zero-order valence-corrected chi connectivity index (χ0v) is 9.73. The maximum atomic E-state index is 11.7. The third kappa shape index (κ3) is 3.18. The molecule has 1 amide bonds. The zero-order valence-electron chi connectivity index (χ0n) is 9.73. The van der Waals surface area contributed by atoms with Gasteiger partial charge in [-0.1, -0.05) is 0 Å². The monoisotopic (exact) mass is 236 g/mol. The number of hydrogen-bond donors (Lipinski definition) is 2. The largest absolute Gasteiger partial charge is 0.497 e. The summed E-state index contributed by atoms with van der Waals surface area (Å²) in [6, 6.07) is 6.88. The van der Waals surface area contributed by atoms with Crippen LogP contribution in [0.15, 0.2) is 24.3 Å². The molecule has 0 aliphatic carbocycles. The van der Waals surface area contributed by atoms with Gasteiger partial charge in [0.2, 0.25) is 0 Å². The maximum absolute atomic E-state index is 11.7. The lowest BCUT2D eigenvalue weighted by molar-refractivity contribution is -0.00680. The Morgan fingerprint density at radius 1 is 1.41 bits per heavy atom. The van der Waals surface area contributed by atoms with Crippen LogP contribution in [0.3, 0.4) is 0 Å². The molecule has 0 spiro atoms. The predicted octanol–water partition coefficient (Wildman–Crippen LogP) is 0.718. The molecule has 1 atom stereocenters. The second kappa shape index (κ2) is 5.65. The van der Waals surface area contributed by atoms with Crippen LogP contribution in [0.1, 0.15) is 16.8 Å². The van der Waals surface area contributed by atoms with Crippen LogP contribution < -0.4 is 15.5 Å². The average Bonchev–Trinajstić information content (AvgIpc) is 2.89. The van der Waals surface area contributed by atoms with Gasteiger partial charge in [-0.05, 0) is 37.2 Å². The molecule has 2 rings (SSSR count). The van der Waals surface area contributed by atoms with Crippen molar-refractivity contribution >= 4 is 5.91 Å². The lowest BCUT2D eigenvalue weighted by atomic mass is 10.2. The summed E-state index contributed by atoms with van der Waals surface area (Å²) in [7, 11) is 1.59. The lowest BCUT2D eigenvalue weighted by Crippen LogP contribution is -2.30. The molecule has 1 aliphatic rings. The Morgan fingerprint density at radius 2 is 2.18 bits per heavy atom. The molecule has 1 aromatic carbocycles. The van der Waals surface area contributed by atoms with Gasteiger partial charge in [-0.15, -0.1) is 0 Å². The highest BCUT2D eigenvalue weighted by molar-refractivity contribution is 5.93. The summed E-state index contributed by atoms with van der Waals surface area (Å²) in [5.41, 5.74) is 3.01. The molecule has 1 fully saturated rings. The summed E-state index contributed by atoms with van der Waals surface area (Å²) in [5.74, 6) is 0.488. The first-order valence-corrected chi connectivity index (χ1v) is 5.60. The highest BCUT2D eigenvalue weighted by Gasteiger charge is 2.16. The van der Waals surface area contributed by atoms with Crippen LogP contribution >= 0.6 is 0 Å². The molecule has 17 heavy (non-hydrogen) atoms. The van der Waals surface area contributed by atoms with Gasteiger partial charge in [0.1, 0.15) is 5.75 Å². The van der Waals surface area contributed by atoms with Crippen molar-refractivity contribution in [3.8, 4) is 5.75 Å². The van der Waals surface area contributed by atoms with Crippen molar-refractivity contribution in [1.82, 2.24) is 10.8 Å². The average molecular weight is 236 g/mol. The molecule has 1 saturated heterocycles. The van der Waals surface area contributed by atoms with Gasteiger partial charge in [-0.25, -0.2) is 5.48 Å². The summed E-state index contributed by atoms with van der Waals surface area (Å²) < 4.78 is 5.02. The van der Waals surface area contributed by atoms with E-state index >= 15 is 0 Å². The molecule has 5 nitrogen and oxygen atoms in total. The van der Waals surface area contributed by atoms with Gasteiger partial charge in [0.25, 0.3) is 5.91 Å². The number of amides is 1. The predicted molar refractivity (Wildman–Crippen MR) is 62.8 cm³/mol. The minimum absolute atomic E-state index is 0.0669.